The summed E-state index contributed by atoms with van der Waals surface area (Å²) in [6, 6.07) is 4.31. The fourth-order valence-corrected chi connectivity index (χ4v) is 3.39. The first-order valence-electron chi connectivity index (χ1n) is 6.30. The van der Waals surface area contributed by atoms with E-state index in [1.807, 2.05) is 12.1 Å². The molecule has 1 N–H and O–H groups in total. The summed E-state index contributed by atoms with van der Waals surface area (Å²) >= 11 is 9.55. The summed E-state index contributed by atoms with van der Waals surface area (Å²) < 4.78 is 6.30. The van der Waals surface area contributed by atoms with Crippen molar-refractivity contribution in [1.29, 1.82) is 0 Å². The Bertz CT molecular complexity index is 430. The Morgan fingerprint density at radius 3 is 2.61 bits per heavy atom. The lowest BCUT2D eigenvalue weighted by atomic mass is 9.73. The highest BCUT2D eigenvalue weighted by molar-refractivity contribution is 9.10. The Hall–Kier alpha value is -0.410. The van der Waals surface area contributed by atoms with Crippen molar-refractivity contribution in [2.75, 3.05) is 12.4 Å². The maximum absolute atomic E-state index is 6.08. The van der Waals surface area contributed by atoms with Crippen LogP contribution in [0.2, 0.25) is 5.02 Å². The van der Waals surface area contributed by atoms with Crippen molar-refractivity contribution >= 4 is 33.2 Å². The van der Waals surface area contributed by atoms with Gasteiger partial charge in [-0.2, -0.15) is 0 Å². The van der Waals surface area contributed by atoms with Gasteiger partial charge in [0.05, 0.1) is 17.3 Å². The lowest BCUT2D eigenvalue weighted by Gasteiger charge is -2.39. The minimum absolute atomic E-state index is 0.539. The maximum atomic E-state index is 6.08. The second kappa shape index (κ2) is 5.70. The van der Waals surface area contributed by atoms with Crippen LogP contribution in [0.25, 0.3) is 0 Å². The van der Waals surface area contributed by atoms with Gasteiger partial charge in [-0.05, 0) is 52.7 Å². The average molecular weight is 333 g/mol. The predicted octanol–water partition coefficient (Wildman–Crippen LogP) is 4.96. The number of halogens is 2. The highest BCUT2D eigenvalue weighted by Gasteiger charge is 2.31. The lowest BCUT2D eigenvalue weighted by molar-refractivity contribution is 0.211. The molecule has 0 radical (unpaired) electrons. The van der Waals surface area contributed by atoms with Crippen molar-refractivity contribution < 1.29 is 4.74 Å². The van der Waals surface area contributed by atoms with Gasteiger partial charge in [0.15, 0.2) is 5.75 Å². The summed E-state index contributed by atoms with van der Waals surface area (Å²) in [5.41, 5.74) is 0.976. The Morgan fingerprint density at radius 2 is 2.06 bits per heavy atom. The third-order valence-electron chi connectivity index (χ3n) is 3.69. The van der Waals surface area contributed by atoms with Crippen molar-refractivity contribution in [3.05, 3.63) is 21.6 Å². The molecule has 1 aliphatic rings. The Balaban J connectivity index is 2.06. The molecule has 100 valence electrons. The van der Waals surface area contributed by atoms with E-state index in [2.05, 4.69) is 35.1 Å². The van der Waals surface area contributed by atoms with Crippen molar-refractivity contribution in [3.63, 3.8) is 0 Å². The summed E-state index contributed by atoms with van der Waals surface area (Å²) in [7, 11) is 1.68. The minimum Gasteiger partial charge on any atom is -0.493 e. The zero-order valence-electron chi connectivity index (χ0n) is 11.0. The van der Waals surface area contributed by atoms with Crippen LogP contribution in [0.3, 0.4) is 0 Å². The third kappa shape index (κ3) is 2.94. The smallest absolute Gasteiger partial charge is 0.156 e. The Labute approximate surface area is 122 Å². The van der Waals surface area contributed by atoms with Gasteiger partial charge in [0, 0.05) is 11.1 Å². The normalized spacial score (nSPS) is 22.8. The molecule has 1 aliphatic carbocycles. The fraction of sp³-hybridized carbons (Fsp3) is 0.571. The molecule has 0 amide bonds. The van der Waals surface area contributed by atoms with Crippen molar-refractivity contribution in [3.8, 4) is 5.75 Å². The van der Waals surface area contributed by atoms with Crippen LogP contribution in [-0.2, 0) is 0 Å². The largest absolute Gasteiger partial charge is 0.493 e. The summed E-state index contributed by atoms with van der Waals surface area (Å²) in [4.78, 5) is 0. The maximum Gasteiger partial charge on any atom is 0.156 e. The summed E-state index contributed by atoms with van der Waals surface area (Å²) in [6.07, 6.45) is 2.45. The number of rotatable bonds is 4. The molecule has 2 nitrogen and oxygen atoms in total. The van der Waals surface area contributed by atoms with Crippen LogP contribution in [0.4, 0.5) is 5.69 Å². The van der Waals surface area contributed by atoms with E-state index in [0.717, 1.165) is 27.7 Å². The first-order valence-corrected chi connectivity index (χ1v) is 7.48. The Kier molecular flexibility index (Phi) is 4.44. The molecule has 1 fully saturated rings. The van der Waals surface area contributed by atoms with Gasteiger partial charge in [0.2, 0.25) is 0 Å². The van der Waals surface area contributed by atoms with Gasteiger partial charge in [-0.15, -0.1) is 0 Å². The molecule has 0 unspecified atom stereocenters. The van der Waals surface area contributed by atoms with Gasteiger partial charge in [-0.1, -0.05) is 25.4 Å². The average Bonchev–Trinajstić information content (AvgIpc) is 2.21. The zero-order chi connectivity index (χ0) is 13.3. The molecular formula is C14H19BrClNO. The van der Waals surface area contributed by atoms with E-state index in [9.17, 15) is 0 Å². The van der Waals surface area contributed by atoms with Gasteiger partial charge in [0.25, 0.3) is 0 Å². The van der Waals surface area contributed by atoms with E-state index in [4.69, 9.17) is 16.3 Å². The SMILES string of the molecule is COc1c(Br)cc(Cl)cc1NC1CC(C(C)C)C1. The number of methoxy groups -OCH3 is 1. The number of hydrogen-bond donors (Lipinski definition) is 1. The van der Waals surface area contributed by atoms with Crippen LogP contribution in [0.15, 0.2) is 16.6 Å². The highest BCUT2D eigenvalue weighted by atomic mass is 79.9. The van der Waals surface area contributed by atoms with Gasteiger partial charge >= 0.3 is 0 Å². The first kappa shape index (κ1) is 14.0. The van der Waals surface area contributed by atoms with E-state index in [1.165, 1.54) is 12.8 Å². The molecule has 0 aromatic heterocycles. The summed E-state index contributed by atoms with van der Waals surface area (Å²) in [5.74, 6) is 2.44. The highest BCUT2D eigenvalue weighted by Crippen LogP contribution is 2.40. The molecule has 1 aromatic rings. The molecule has 0 spiro atoms. The van der Waals surface area contributed by atoms with Crippen molar-refractivity contribution in [1.82, 2.24) is 0 Å². The molecule has 0 bridgehead atoms. The van der Waals surface area contributed by atoms with Crippen LogP contribution < -0.4 is 10.1 Å². The third-order valence-corrected chi connectivity index (χ3v) is 4.50. The molecule has 0 heterocycles. The lowest BCUT2D eigenvalue weighted by Crippen LogP contribution is -2.38. The van der Waals surface area contributed by atoms with Crippen LogP contribution >= 0.6 is 27.5 Å². The number of anilines is 1. The standard InChI is InChI=1S/C14H19BrClNO/c1-8(2)9-4-11(5-9)17-13-7-10(16)6-12(15)14(13)18-3/h6-9,11,17H,4-5H2,1-3H3. The van der Waals surface area contributed by atoms with Crippen molar-refractivity contribution in [2.45, 2.75) is 32.7 Å². The molecular weight excluding hydrogens is 314 g/mol. The molecule has 1 aromatic carbocycles. The van der Waals surface area contributed by atoms with Crippen LogP contribution in [-0.4, -0.2) is 13.2 Å². The molecule has 0 aliphatic heterocycles. The van der Waals surface area contributed by atoms with Crippen molar-refractivity contribution in [2.24, 2.45) is 11.8 Å². The van der Waals surface area contributed by atoms with Crippen LogP contribution in [0, 0.1) is 11.8 Å². The molecule has 18 heavy (non-hydrogen) atoms. The van der Waals surface area contributed by atoms with E-state index in [-0.39, 0.29) is 0 Å². The molecule has 0 atom stereocenters. The topological polar surface area (TPSA) is 21.3 Å². The van der Waals surface area contributed by atoms with Crippen LogP contribution in [0.1, 0.15) is 26.7 Å². The fourth-order valence-electron chi connectivity index (χ4n) is 2.42. The minimum atomic E-state index is 0.539. The molecule has 0 saturated heterocycles. The van der Waals surface area contributed by atoms with Gasteiger partial charge in [-0.25, -0.2) is 0 Å². The first-order chi connectivity index (χ1) is 8.51. The van der Waals surface area contributed by atoms with E-state index in [0.29, 0.717) is 11.1 Å². The number of benzene rings is 1. The van der Waals surface area contributed by atoms with E-state index >= 15 is 0 Å². The monoisotopic (exact) mass is 331 g/mol. The quantitative estimate of drug-likeness (QED) is 0.841. The second-order valence-corrected chi connectivity index (χ2v) is 6.58. The number of ether oxygens (including phenoxy) is 1. The van der Waals surface area contributed by atoms with E-state index in [1.54, 1.807) is 7.11 Å². The molecule has 1 saturated carbocycles. The van der Waals surface area contributed by atoms with E-state index < -0.39 is 0 Å². The second-order valence-electron chi connectivity index (χ2n) is 5.29. The zero-order valence-corrected chi connectivity index (χ0v) is 13.3. The number of nitrogens with one attached hydrogen (secondary N) is 1. The summed E-state index contributed by atoms with van der Waals surface area (Å²) in [6.45, 7) is 4.58. The Morgan fingerprint density at radius 1 is 1.39 bits per heavy atom. The van der Waals surface area contributed by atoms with Gasteiger partial charge in [0.1, 0.15) is 0 Å². The summed E-state index contributed by atoms with van der Waals surface area (Å²) in [5, 5.41) is 4.24. The molecule has 2 rings (SSSR count). The molecule has 4 heteroatoms. The van der Waals surface area contributed by atoms with Gasteiger partial charge < -0.3 is 10.1 Å². The van der Waals surface area contributed by atoms with Gasteiger partial charge in [-0.3, -0.25) is 0 Å². The van der Waals surface area contributed by atoms with Crippen LogP contribution in [0.5, 0.6) is 5.75 Å². The number of hydrogen-bond acceptors (Lipinski definition) is 2. The predicted molar refractivity (Wildman–Crippen MR) is 80.7 cm³/mol.